The number of nitrogens with zero attached hydrogens (tertiary/aromatic N) is 1. The molecule has 19 heavy (non-hydrogen) atoms. The maximum absolute atomic E-state index is 12.9. The highest BCUT2D eigenvalue weighted by molar-refractivity contribution is 7.09. The van der Waals surface area contributed by atoms with E-state index in [1.807, 2.05) is 22.4 Å². The molecule has 0 unspecified atom stereocenters. The quantitative estimate of drug-likeness (QED) is 0.833. The summed E-state index contributed by atoms with van der Waals surface area (Å²) in [5.74, 6) is -0.316. The van der Waals surface area contributed by atoms with Crippen LogP contribution in [-0.2, 0) is 6.54 Å². The highest BCUT2D eigenvalue weighted by Gasteiger charge is 2.33. The minimum Gasteiger partial charge on any atom is -0.331 e. The molecule has 4 heteroatoms. The molecule has 2 aromatic rings. The fraction of sp³-hybridized carbons (Fsp3) is 0.267. The Labute approximate surface area is 115 Å². The molecule has 1 saturated carbocycles. The van der Waals surface area contributed by atoms with Gasteiger partial charge in [-0.15, -0.1) is 11.3 Å². The first kappa shape index (κ1) is 12.4. The van der Waals surface area contributed by atoms with Gasteiger partial charge in [-0.2, -0.15) is 0 Å². The summed E-state index contributed by atoms with van der Waals surface area (Å²) in [5, 5.41) is 2.02. The molecule has 0 atom stereocenters. The first-order valence-electron chi connectivity index (χ1n) is 6.33. The van der Waals surface area contributed by atoms with Crippen molar-refractivity contribution >= 4 is 17.2 Å². The Hall–Kier alpha value is -1.68. The summed E-state index contributed by atoms with van der Waals surface area (Å²) in [5.41, 5.74) is 0.560. The van der Waals surface area contributed by atoms with Crippen LogP contribution in [0.15, 0.2) is 41.8 Å². The van der Waals surface area contributed by atoms with Gasteiger partial charge in [0.25, 0.3) is 5.91 Å². The molecule has 1 aromatic carbocycles. The predicted molar refractivity (Wildman–Crippen MR) is 73.6 cm³/mol. The molecule has 98 valence electrons. The number of hydrogen-bond acceptors (Lipinski definition) is 2. The van der Waals surface area contributed by atoms with Crippen LogP contribution in [-0.4, -0.2) is 16.8 Å². The van der Waals surface area contributed by atoms with Crippen LogP contribution < -0.4 is 0 Å². The van der Waals surface area contributed by atoms with Crippen molar-refractivity contribution in [1.82, 2.24) is 4.90 Å². The Balaban J connectivity index is 1.79. The van der Waals surface area contributed by atoms with Crippen molar-refractivity contribution < 1.29 is 9.18 Å². The Kier molecular flexibility index (Phi) is 3.34. The third-order valence-electron chi connectivity index (χ3n) is 3.25. The van der Waals surface area contributed by atoms with Gasteiger partial charge in [0.2, 0.25) is 0 Å². The molecule has 0 aliphatic heterocycles. The normalized spacial score (nSPS) is 14.4. The van der Waals surface area contributed by atoms with E-state index < -0.39 is 0 Å². The molecule has 3 rings (SSSR count). The van der Waals surface area contributed by atoms with Crippen molar-refractivity contribution in [2.45, 2.75) is 25.4 Å². The fourth-order valence-electron chi connectivity index (χ4n) is 2.08. The zero-order chi connectivity index (χ0) is 13.2. The maximum atomic E-state index is 12.9. The van der Waals surface area contributed by atoms with Crippen LogP contribution in [0.5, 0.6) is 0 Å². The van der Waals surface area contributed by atoms with Crippen molar-refractivity contribution in [3.05, 3.63) is 58.0 Å². The number of thiophene rings is 1. The van der Waals surface area contributed by atoms with Crippen molar-refractivity contribution in [3.8, 4) is 0 Å². The SMILES string of the molecule is O=C(c1ccc(F)cc1)N(Cc1cccs1)C1CC1. The van der Waals surface area contributed by atoms with E-state index in [2.05, 4.69) is 0 Å². The molecule has 0 bridgehead atoms. The average molecular weight is 275 g/mol. The third kappa shape index (κ3) is 2.84. The van der Waals surface area contributed by atoms with E-state index in [1.54, 1.807) is 23.5 Å². The van der Waals surface area contributed by atoms with Crippen LogP contribution in [0.4, 0.5) is 4.39 Å². The van der Waals surface area contributed by atoms with E-state index in [1.165, 1.54) is 17.0 Å². The molecular weight excluding hydrogens is 261 g/mol. The van der Waals surface area contributed by atoms with E-state index >= 15 is 0 Å². The van der Waals surface area contributed by atoms with E-state index in [0.29, 0.717) is 18.2 Å². The largest absolute Gasteiger partial charge is 0.331 e. The summed E-state index contributed by atoms with van der Waals surface area (Å²) in [6.07, 6.45) is 2.14. The lowest BCUT2D eigenvalue weighted by Crippen LogP contribution is -2.32. The molecule has 1 aliphatic carbocycles. The van der Waals surface area contributed by atoms with E-state index in [4.69, 9.17) is 0 Å². The summed E-state index contributed by atoms with van der Waals surface area (Å²) in [4.78, 5) is 15.6. The van der Waals surface area contributed by atoms with Crippen LogP contribution >= 0.6 is 11.3 Å². The molecule has 2 nitrogen and oxygen atoms in total. The lowest BCUT2D eigenvalue weighted by molar-refractivity contribution is 0.0731. The number of amides is 1. The van der Waals surface area contributed by atoms with E-state index in [0.717, 1.165) is 12.8 Å². The number of carbonyl (C=O) groups excluding carboxylic acids is 1. The molecule has 1 heterocycles. The number of benzene rings is 1. The minimum atomic E-state index is -0.312. The Bertz CT molecular complexity index is 560. The summed E-state index contributed by atoms with van der Waals surface area (Å²) in [6.45, 7) is 0.651. The third-order valence-corrected chi connectivity index (χ3v) is 4.11. The van der Waals surface area contributed by atoms with Gasteiger partial charge in [0.1, 0.15) is 5.82 Å². The molecule has 1 amide bonds. The van der Waals surface area contributed by atoms with Gasteiger partial charge in [-0.05, 0) is 48.6 Å². The predicted octanol–water partition coefficient (Wildman–Crippen LogP) is 3.69. The molecule has 0 radical (unpaired) electrons. The second-order valence-corrected chi connectivity index (χ2v) is 5.78. The van der Waals surface area contributed by atoms with Crippen LogP contribution in [0, 0.1) is 5.82 Å². The smallest absolute Gasteiger partial charge is 0.254 e. The second-order valence-electron chi connectivity index (χ2n) is 4.75. The molecule has 1 aromatic heterocycles. The lowest BCUT2D eigenvalue weighted by Gasteiger charge is -2.21. The van der Waals surface area contributed by atoms with Gasteiger partial charge >= 0.3 is 0 Å². The van der Waals surface area contributed by atoms with Gasteiger partial charge in [-0.1, -0.05) is 6.07 Å². The Morgan fingerprint density at radius 2 is 2.00 bits per heavy atom. The standard InChI is InChI=1S/C15H14FNOS/c16-12-5-3-11(4-6-12)15(18)17(13-7-8-13)10-14-2-1-9-19-14/h1-6,9,13H,7-8,10H2. The molecular formula is C15H14FNOS. The van der Waals surface area contributed by atoms with Gasteiger partial charge in [0.15, 0.2) is 0 Å². The highest BCUT2D eigenvalue weighted by Crippen LogP contribution is 2.30. The zero-order valence-electron chi connectivity index (χ0n) is 10.4. The molecule has 0 saturated heterocycles. The van der Waals surface area contributed by atoms with Gasteiger partial charge in [0, 0.05) is 16.5 Å². The molecule has 0 N–H and O–H groups in total. The maximum Gasteiger partial charge on any atom is 0.254 e. The monoisotopic (exact) mass is 275 g/mol. The summed E-state index contributed by atoms with van der Waals surface area (Å²) in [6, 6.07) is 10.2. The number of rotatable bonds is 4. The Morgan fingerprint density at radius 1 is 1.26 bits per heavy atom. The molecule has 1 fully saturated rings. The van der Waals surface area contributed by atoms with Gasteiger partial charge in [-0.25, -0.2) is 4.39 Å². The molecule has 0 spiro atoms. The van der Waals surface area contributed by atoms with Crippen molar-refractivity contribution in [2.75, 3.05) is 0 Å². The zero-order valence-corrected chi connectivity index (χ0v) is 11.2. The van der Waals surface area contributed by atoms with Crippen molar-refractivity contribution in [3.63, 3.8) is 0 Å². The fourth-order valence-corrected chi connectivity index (χ4v) is 2.78. The lowest BCUT2D eigenvalue weighted by atomic mass is 10.2. The second kappa shape index (κ2) is 5.13. The van der Waals surface area contributed by atoms with Crippen LogP contribution in [0.1, 0.15) is 28.1 Å². The summed E-state index contributed by atoms with van der Waals surface area (Å²) < 4.78 is 12.9. The van der Waals surface area contributed by atoms with E-state index in [9.17, 15) is 9.18 Å². The van der Waals surface area contributed by atoms with Crippen molar-refractivity contribution in [1.29, 1.82) is 0 Å². The van der Waals surface area contributed by atoms with E-state index in [-0.39, 0.29) is 11.7 Å². The van der Waals surface area contributed by atoms with Gasteiger partial charge in [-0.3, -0.25) is 4.79 Å². The number of halogens is 1. The first-order chi connectivity index (χ1) is 9.24. The van der Waals surface area contributed by atoms with Crippen LogP contribution in [0.3, 0.4) is 0 Å². The molecule has 1 aliphatic rings. The summed E-state index contributed by atoms with van der Waals surface area (Å²) in [7, 11) is 0. The van der Waals surface area contributed by atoms with Gasteiger partial charge < -0.3 is 4.90 Å². The van der Waals surface area contributed by atoms with Crippen molar-refractivity contribution in [2.24, 2.45) is 0 Å². The minimum absolute atomic E-state index is 0.00380. The topological polar surface area (TPSA) is 20.3 Å². The Morgan fingerprint density at radius 3 is 2.58 bits per heavy atom. The number of hydrogen-bond donors (Lipinski definition) is 0. The van der Waals surface area contributed by atoms with Gasteiger partial charge in [0.05, 0.1) is 6.54 Å². The number of carbonyl (C=O) groups is 1. The van der Waals surface area contributed by atoms with Crippen LogP contribution in [0.25, 0.3) is 0 Å². The van der Waals surface area contributed by atoms with Crippen LogP contribution in [0.2, 0.25) is 0 Å². The summed E-state index contributed by atoms with van der Waals surface area (Å²) >= 11 is 1.66. The first-order valence-corrected chi connectivity index (χ1v) is 7.21. The average Bonchev–Trinajstić information content (AvgIpc) is 3.13. The highest BCUT2D eigenvalue weighted by atomic mass is 32.1.